The van der Waals surface area contributed by atoms with E-state index in [1.54, 1.807) is 11.9 Å². The van der Waals surface area contributed by atoms with Gasteiger partial charge in [-0.3, -0.25) is 0 Å². The van der Waals surface area contributed by atoms with Crippen LogP contribution in [0.15, 0.2) is 0 Å². The molecule has 2 atom stereocenters. The molecule has 19 heavy (non-hydrogen) atoms. The number of aliphatic carboxylic acids is 1. The number of carbonyl (C=O) groups excluding carboxylic acids is 1. The summed E-state index contributed by atoms with van der Waals surface area (Å²) in [5.41, 5.74) is 0. The van der Waals surface area contributed by atoms with Crippen molar-refractivity contribution in [2.45, 2.75) is 44.2 Å². The molecule has 6 heteroatoms. The third kappa shape index (κ3) is 3.18. The molecule has 0 radical (unpaired) electrons. The third-order valence-corrected chi connectivity index (χ3v) is 4.14. The van der Waals surface area contributed by atoms with E-state index in [1.165, 1.54) is 17.7 Å². The fraction of sp³-hybridized carbons (Fsp3) is 0.846. The summed E-state index contributed by atoms with van der Waals surface area (Å²) in [6, 6.07) is -1.18. The Bertz CT molecular complexity index is 355. The predicted molar refractivity (Wildman–Crippen MR) is 68.7 cm³/mol. The molecule has 0 spiro atoms. The number of aliphatic hydroxyl groups excluding tert-OH is 1. The number of likely N-dealkylation sites (tertiary alicyclic amines) is 1. The first-order chi connectivity index (χ1) is 8.99. The zero-order valence-electron chi connectivity index (χ0n) is 11.3. The van der Waals surface area contributed by atoms with E-state index >= 15 is 0 Å². The van der Waals surface area contributed by atoms with Gasteiger partial charge in [0.15, 0.2) is 0 Å². The summed E-state index contributed by atoms with van der Waals surface area (Å²) in [7, 11) is 1.71. The summed E-state index contributed by atoms with van der Waals surface area (Å²) in [5, 5.41) is 18.7. The molecule has 0 bridgehead atoms. The van der Waals surface area contributed by atoms with Crippen molar-refractivity contribution in [2.24, 2.45) is 5.92 Å². The summed E-state index contributed by atoms with van der Waals surface area (Å²) < 4.78 is 0. The zero-order valence-corrected chi connectivity index (χ0v) is 11.3. The van der Waals surface area contributed by atoms with Gasteiger partial charge in [-0.15, -0.1) is 0 Å². The van der Waals surface area contributed by atoms with Crippen molar-refractivity contribution >= 4 is 12.0 Å². The number of urea groups is 1. The number of aliphatic hydroxyl groups is 1. The van der Waals surface area contributed by atoms with Crippen LogP contribution in [0.3, 0.4) is 0 Å². The smallest absolute Gasteiger partial charge is 0.326 e. The van der Waals surface area contributed by atoms with Gasteiger partial charge in [-0.1, -0.05) is 12.8 Å². The van der Waals surface area contributed by atoms with Crippen LogP contribution >= 0.6 is 0 Å². The van der Waals surface area contributed by atoms with Gasteiger partial charge in [0.25, 0.3) is 0 Å². The molecule has 6 nitrogen and oxygen atoms in total. The second kappa shape index (κ2) is 5.77. The highest BCUT2D eigenvalue weighted by Gasteiger charge is 2.40. The molecule has 2 amide bonds. The topological polar surface area (TPSA) is 81.1 Å². The van der Waals surface area contributed by atoms with Crippen molar-refractivity contribution in [2.75, 3.05) is 20.1 Å². The van der Waals surface area contributed by atoms with Gasteiger partial charge in [0.2, 0.25) is 0 Å². The fourth-order valence-corrected chi connectivity index (χ4v) is 3.14. The first-order valence-corrected chi connectivity index (χ1v) is 6.91. The number of rotatable bonds is 3. The molecule has 0 aromatic carbocycles. The molecule has 1 aliphatic carbocycles. The molecule has 1 saturated heterocycles. The number of carbonyl (C=O) groups is 2. The first-order valence-electron chi connectivity index (χ1n) is 6.91. The van der Waals surface area contributed by atoms with E-state index in [9.17, 15) is 14.7 Å². The quantitative estimate of drug-likeness (QED) is 0.793. The molecule has 2 N–H and O–H groups in total. The lowest BCUT2D eigenvalue weighted by Crippen LogP contribution is -2.47. The van der Waals surface area contributed by atoms with Crippen LogP contribution in [0.4, 0.5) is 4.79 Å². The Morgan fingerprint density at radius 2 is 1.95 bits per heavy atom. The SMILES string of the molecule is CN(CC1CCCC1)C(=O)N1C[C@@H](O)C[C@H]1C(=O)O. The predicted octanol–water partition coefficient (Wildman–Crippen LogP) is 0.748. The van der Waals surface area contributed by atoms with Gasteiger partial charge in [0.05, 0.1) is 6.10 Å². The van der Waals surface area contributed by atoms with E-state index < -0.39 is 18.1 Å². The van der Waals surface area contributed by atoms with Gasteiger partial charge in [0.1, 0.15) is 6.04 Å². The molecule has 1 heterocycles. The van der Waals surface area contributed by atoms with Crippen LogP contribution in [0.2, 0.25) is 0 Å². The average Bonchev–Trinajstić information content (AvgIpc) is 2.97. The Labute approximate surface area is 113 Å². The summed E-state index contributed by atoms with van der Waals surface area (Å²) in [6.45, 7) is 0.794. The number of amides is 2. The summed E-state index contributed by atoms with van der Waals surface area (Å²) >= 11 is 0. The monoisotopic (exact) mass is 270 g/mol. The highest BCUT2D eigenvalue weighted by Crippen LogP contribution is 2.26. The number of β-amino-alcohol motifs (C(OH)–C–C–N with tert-alkyl or cyclic N) is 1. The Morgan fingerprint density at radius 3 is 2.53 bits per heavy atom. The Morgan fingerprint density at radius 1 is 1.32 bits per heavy atom. The van der Waals surface area contributed by atoms with E-state index in [-0.39, 0.29) is 19.0 Å². The molecule has 1 saturated carbocycles. The van der Waals surface area contributed by atoms with Crippen molar-refractivity contribution in [3.05, 3.63) is 0 Å². The molecule has 0 unspecified atom stereocenters. The number of carboxylic acid groups (broad SMARTS) is 1. The molecular weight excluding hydrogens is 248 g/mol. The van der Waals surface area contributed by atoms with Crippen LogP contribution in [0.25, 0.3) is 0 Å². The van der Waals surface area contributed by atoms with Crippen molar-refractivity contribution in [3.63, 3.8) is 0 Å². The maximum Gasteiger partial charge on any atom is 0.326 e. The molecule has 108 valence electrons. The van der Waals surface area contributed by atoms with Crippen LogP contribution in [0, 0.1) is 5.92 Å². The Kier molecular flexibility index (Phi) is 4.29. The number of hydrogen-bond acceptors (Lipinski definition) is 3. The van der Waals surface area contributed by atoms with Crippen LogP contribution < -0.4 is 0 Å². The standard InChI is InChI=1S/C13H22N2O4/c1-14(7-9-4-2-3-5-9)13(19)15-8-10(16)6-11(15)12(17)18/h9-11,16H,2-8H2,1H3,(H,17,18)/t10-,11-/m0/s1. The minimum Gasteiger partial charge on any atom is -0.480 e. The highest BCUT2D eigenvalue weighted by molar-refractivity contribution is 5.83. The Balaban J connectivity index is 1.95. The van der Waals surface area contributed by atoms with Gasteiger partial charge in [-0.25, -0.2) is 9.59 Å². The lowest BCUT2D eigenvalue weighted by Gasteiger charge is -2.29. The van der Waals surface area contributed by atoms with Crippen LogP contribution in [-0.2, 0) is 4.79 Å². The third-order valence-electron chi connectivity index (χ3n) is 4.14. The van der Waals surface area contributed by atoms with E-state index in [1.807, 2.05) is 0 Å². The van der Waals surface area contributed by atoms with E-state index in [0.717, 1.165) is 12.8 Å². The minimum absolute atomic E-state index is 0.116. The van der Waals surface area contributed by atoms with E-state index in [0.29, 0.717) is 12.5 Å². The van der Waals surface area contributed by atoms with Gasteiger partial charge >= 0.3 is 12.0 Å². The van der Waals surface area contributed by atoms with Crippen LogP contribution in [0.5, 0.6) is 0 Å². The summed E-state index contributed by atoms with van der Waals surface area (Å²) in [6.07, 6.45) is 4.11. The van der Waals surface area contributed by atoms with Gasteiger partial charge < -0.3 is 20.0 Å². The molecule has 2 rings (SSSR count). The average molecular weight is 270 g/mol. The lowest BCUT2D eigenvalue weighted by molar-refractivity contribution is -0.141. The number of nitrogens with zero attached hydrogens (tertiary/aromatic N) is 2. The van der Waals surface area contributed by atoms with Crippen molar-refractivity contribution < 1.29 is 19.8 Å². The van der Waals surface area contributed by atoms with E-state index in [4.69, 9.17) is 5.11 Å². The zero-order chi connectivity index (χ0) is 14.0. The number of carboxylic acids is 1. The molecule has 0 aromatic rings. The Hall–Kier alpha value is -1.30. The second-order valence-corrected chi connectivity index (χ2v) is 5.71. The number of hydrogen-bond donors (Lipinski definition) is 2. The largest absolute Gasteiger partial charge is 0.480 e. The minimum atomic E-state index is -1.04. The highest BCUT2D eigenvalue weighted by atomic mass is 16.4. The first kappa shape index (κ1) is 14.1. The molecular formula is C13H22N2O4. The van der Waals surface area contributed by atoms with Crippen LogP contribution in [0.1, 0.15) is 32.1 Å². The van der Waals surface area contributed by atoms with Crippen molar-refractivity contribution in [3.8, 4) is 0 Å². The van der Waals surface area contributed by atoms with Crippen LogP contribution in [-0.4, -0.2) is 64.3 Å². The molecule has 2 aliphatic rings. The molecule has 1 aliphatic heterocycles. The lowest BCUT2D eigenvalue weighted by atomic mass is 10.1. The summed E-state index contributed by atoms with van der Waals surface area (Å²) in [4.78, 5) is 26.3. The second-order valence-electron chi connectivity index (χ2n) is 5.71. The maximum absolute atomic E-state index is 12.3. The van der Waals surface area contributed by atoms with Gasteiger partial charge in [0, 0.05) is 26.6 Å². The normalized spacial score (nSPS) is 27.8. The van der Waals surface area contributed by atoms with E-state index in [2.05, 4.69) is 0 Å². The molecule has 0 aromatic heterocycles. The molecule has 2 fully saturated rings. The van der Waals surface area contributed by atoms with Crippen molar-refractivity contribution in [1.82, 2.24) is 9.80 Å². The van der Waals surface area contributed by atoms with Gasteiger partial charge in [-0.05, 0) is 18.8 Å². The van der Waals surface area contributed by atoms with Gasteiger partial charge in [-0.2, -0.15) is 0 Å². The fourth-order valence-electron chi connectivity index (χ4n) is 3.14. The van der Waals surface area contributed by atoms with Crippen molar-refractivity contribution in [1.29, 1.82) is 0 Å². The maximum atomic E-state index is 12.3. The summed E-state index contributed by atoms with van der Waals surface area (Å²) in [5.74, 6) is -0.510.